The van der Waals surface area contributed by atoms with Crippen molar-refractivity contribution in [1.29, 1.82) is 0 Å². The number of nitrogens with zero attached hydrogens (tertiary/aromatic N) is 1. The van der Waals surface area contributed by atoms with Crippen molar-refractivity contribution in [3.63, 3.8) is 0 Å². The molecular weight excluding hydrogens is 536 g/mol. The number of methoxy groups -OCH3 is 1. The number of halogens is 1. The van der Waals surface area contributed by atoms with Crippen molar-refractivity contribution >= 4 is 56.3 Å². The first-order valence-corrected chi connectivity index (χ1v) is 12.2. The van der Waals surface area contributed by atoms with Crippen molar-refractivity contribution in [1.82, 2.24) is 5.32 Å². The van der Waals surface area contributed by atoms with Crippen LogP contribution in [-0.4, -0.2) is 25.0 Å². The molecule has 1 aliphatic rings. The highest BCUT2D eigenvalue weighted by atomic mass is 79.9. The molecule has 0 aliphatic carbocycles. The van der Waals surface area contributed by atoms with Crippen LogP contribution in [0.25, 0.3) is 16.8 Å². The van der Waals surface area contributed by atoms with E-state index in [0.717, 1.165) is 25.7 Å². The maximum atomic E-state index is 13.3. The van der Waals surface area contributed by atoms with E-state index in [1.54, 1.807) is 36.4 Å². The highest BCUT2D eigenvalue weighted by Crippen LogP contribution is 2.30. The normalized spacial score (nSPS) is 14.7. The monoisotopic (exact) mass is 556 g/mol. The predicted octanol–water partition coefficient (Wildman–Crippen LogP) is 5.86. The lowest BCUT2D eigenvalue weighted by molar-refractivity contribution is -0.122. The predicted molar refractivity (Wildman–Crippen MR) is 144 cm³/mol. The number of barbiturate groups is 1. The third-order valence-electron chi connectivity index (χ3n) is 5.97. The summed E-state index contributed by atoms with van der Waals surface area (Å²) >= 11 is 3.44. The van der Waals surface area contributed by atoms with E-state index in [9.17, 15) is 14.4 Å². The number of urea groups is 1. The van der Waals surface area contributed by atoms with E-state index in [1.807, 2.05) is 48.5 Å². The first-order chi connectivity index (χ1) is 17.9. The second-order valence-corrected chi connectivity index (χ2v) is 9.18. The van der Waals surface area contributed by atoms with Gasteiger partial charge in [0.2, 0.25) is 0 Å². The van der Waals surface area contributed by atoms with Gasteiger partial charge in [-0.2, -0.15) is 0 Å². The molecule has 184 valence electrons. The van der Waals surface area contributed by atoms with Gasteiger partial charge in [-0.3, -0.25) is 14.9 Å². The van der Waals surface area contributed by atoms with E-state index in [-0.39, 0.29) is 12.2 Å². The fourth-order valence-electron chi connectivity index (χ4n) is 4.12. The third kappa shape index (κ3) is 4.96. The fourth-order valence-corrected chi connectivity index (χ4v) is 4.49. The second-order valence-electron chi connectivity index (χ2n) is 8.26. The molecule has 1 fully saturated rings. The van der Waals surface area contributed by atoms with Crippen LogP contribution in [0.4, 0.5) is 10.5 Å². The molecule has 1 aliphatic heterocycles. The van der Waals surface area contributed by atoms with Gasteiger partial charge in [0.05, 0.1) is 12.8 Å². The molecule has 0 aromatic heterocycles. The van der Waals surface area contributed by atoms with Crippen molar-refractivity contribution in [2.24, 2.45) is 0 Å². The van der Waals surface area contributed by atoms with Gasteiger partial charge in [0.1, 0.15) is 23.7 Å². The van der Waals surface area contributed by atoms with Crippen molar-refractivity contribution in [2.75, 3.05) is 12.0 Å². The van der Waals surface area contributed by atoms with Gasteiger partial charge in [-0.1, -0.05) is 58.4 Å². The number of imide groups is 2. The quantitative estimate of drug-likeness (QED) is 0.237. The number of nitrogens with one attached hydrogen (secondary N) is 1. The smallest absolute Gasteiger partial charge is 0.335 e. The number of carbonyl (C=O) groups is 3. The van der Waals surface area contributed by atoms with Crippen LogP contribution < -0.4 is 19.7 Å². The maximum Gasteiger partial charge on any atom is 0.335 e. The Morgan fingerprint density at radius 2 is 1.68 bits per heavy atom. The molecular formula is C29H21BrN2O5. The fraction of sp³-hybridized carbons (Fsp3) is 0.0690. The molecule has 1 saturated heterocycles. The van der Waals surface area contributed by atoms with Crippen molar-refractivity contribution in [3.05, 3.63) is 106 Å². The van der Waals surface area contributed by atoms with Crippen LogP contribution >= 0.6 is 15.9 Å². The number of anilines is 1. The summed E-state index contributed by atoms with van der Waals surface area (Å²) < 4.78 is 12.0. The highest BCUT2D eigenvalue weighted by molar-refractivity contribution is 9.10. The molecule has 4 aromatic carbocycles. The molecule has 4 aromatic rings. The summed E-state index contributed by atoms with van der Waals surface area (Å²) in [7, 11) is 1.52. The Labute approximate surface area is 221 Å². The van der Waals surface area contributed by atoms with E-state index < -0.39 is 17.8 Å². The Morgan fingerprint density at radius 3 is 2.46 bits per heavy atom. The zero-order valence-corrected chi connectivity index (χ0v) is 21.3. The van der Waals surface area contributed by atoms with E-state index in [2.05, 4.69) is 21.2 Å². The van der Waals surface area contributed by atoms with Gasteiger partial charge in [-0.15, -0.1) is 0 Å². The van der Waals surface area contributed by atoms with Crippen LogP contribution in [0.15, 0.2) is 95.0 Å². The van der Waals surface area contributed by atoms with Crippen LogP contribution in [-0.2, 0) is 16.2 Å². The van der Waals surface area contributed by atoms with E-state index in [4.69, 9.17) is 9.47 Å². The lowest BCUT2D eigenvalue weighted by Gasteiger charge is -2.26. The molecule has 0 saturated carbocycles. The summed E-state index contributed by atoms with van der Waals surface area (Å²) in [5.74, 6) is -0.460. The van der Waals surface area contributed by atoms with Crippen molar-refractivity contribution < 1.29 is 23.9 Å². The van der Waals surface area contributed by atoms with Gasteiger partial charge in [0, 0.05) is 10.0 Å². The number of benzene rings is 4. The Balaban J connectivity index is 1.47. The number of carbonyl (C=O) groups excluding carboxylic acids is 3. The Kier molecular flexibility index (Phi) is 6.74. The Morgan fingerprint density at radius 1 is 0.919 bits per heavy atom. The summed E-state index contributed by atoms with van der Waals surface area (Å²) in [6.45, 7) is 0.287. The number of amides is 4. The summed E-state index contributed by atoms with van der Waals surface area (Å²) in [6.07, 6.45) is 1.43. The number of hydrogen-bond donors (Lipinski definition) is 1. The van der Waals surface area contributed by atoms with Gasteiger partial charge in [-0.05, 0) is 64.9 Å². The van der Waals surface area contributed by atoms with E-state index >= 15 is 0 Å². The number of ether oxygens (including phenoxy) is 2. The average molecular weight is 557 g/mol. The lowest BCUT2D eigenvalue weighted by atomic mass is 10.0. The molecule has 0 bridgehead atoms. The standard InChI is InChI=1S/C29H21BrN2O5/c1-36-23-12-10-22(11-13-23)32-28(34)25(27(33)31-29(32)35)16-20-15-21(30)9-14-26(20)37-17-19-7-4-6-18-5-2-3-8-24(18)19/h2-16H,17H2,1H3,(H,31,33,35)/b25-16+. The molecule has 8 heteroatoms. The average Bonchev–Trinajstić information content (AvgIpc) is 2.91. The molecule has 7 nitrogen and oxygen atoms in total. The second kappa shape index (κ2) is 10.3. The van der Waals surface area contributed by atoms with E-state index in [1.165, 1.54) is 13.2 Å². The van der Waals surface area contributed by atoms with Crippen LogP contribution in [0.5, 0.6) is 11.5 Å². The van der Waals surface area contributed by atoms with Gasteiger partial charge in [0.15, 0.2) is 0 Å². The van der Waals surface area contributed by atoms with Crippen molar-refractivity contribution in [3.8, 4) is 11.5 Å². The minimum atomic E-state index is -0.820. The van der Waals surface area contributed by atoms with Crippen LogP contribution in [0, 0.1) is 0 Å². The zero-order valence-electron chi connectivity index (χ0n) is 19.7. The molecule has 0 spiro atoms. The molecule has 0 radical (unpaired) electrons. The van der Waals surface area contributed by atoms with E-state index in [0.29, 0.717) is 22.7 Å². The maximum absolute atomic E-state index is 13.3. The Hall–Kier alpha value is -4.43. The van der Waals surface area contributed by atoms with Crippen LogP contribution in [0.2, 0.25) is 0 Å². The molecule has 4 amide bonds. The third-order valence-corrected chi connectivity index (χ3v) is 6.46. The molecule has 1 heterocycles. The topological polar surface area (TPSA) is 84.9 Å². The van der Waals surface area contributed by atoms with Gasteiger partial charge in [0.25, 0.3) is 11.8 Å². The summed E-state index contributed by atoms with van der Waals surface area (Å²) in [6, 6.07) is 25.0. The molecule has 37 heavy (non-hydrogen) atoms. The molecule has 0 atom stereocenters. The molecule has 1 N–H and O–H groups in total. The summed E-state index contributed by atoms with van der Waals surface area (Å²) in [5.41, 5.74) is 1.63. The van der Waals surface area contributed by atoms with Crippen LogP contribution in [0.3, 0.4) is 0 Å². The minimum absolute atomic E-state index is 0.191. The van der Waals surface area contributed by atoms with Gasteiger partial charge < -0.3 is 9.47 Å². The number of rotatable bonds is 6. The Bertz CT molecular complexity index is 1560. The minimum Gasteiger partial charge on any atom is -0.497 e. The lowest BCUT2D eigenvalue weighted by Crippen LogP contribution is -2.54. The highest BCUT2D eigenvalue weighted by Gasteiger charge is 2.37. The van der Waals surface area contributed by atoms with Crippen LogP contribution in [0.1, 0.15) is 11.1 Å². The summed E-state index contributed by atoms with van der Waals surface area (Å²) in [4.78, 5) is 39.5. The SMILES string of the molecule is COc1ccc(N2C(=O)NC(=O)/C(=C\c3cc(Br)ccc3OCc3cccc4ccccc34)C2=O)cc1. The number of fused-ring (bicyclic) bond motifs is 1. The zero-order chi connectivity index (χ0) is 25.9. The largest absolute Gasteiger partial charge is 0.497 e. The summed E-state index contributed by atoms with van der Waals surface area (Å²) in [5, 5.41) is 4.43. The molecule has 0 unspecified atom stereocenters. The number of hydrogen-bond acceptors (Lipinski definition) is 5. The first kappa shape index (κ1) is 24.3. The van der Waals surface area contributed by atoms with Gasteiger partial charge in [-0.25, -0.2) is 9.69 Å². The van der Waals surface area contributed by atoms with Gasteiger partial charge >= 0.3 is 6.03 Å². The van der Waals surface area contributed by atoms with Crippen molar-refractivity contribution in [2.45, 2.75) is 6.61 Å². The molecule has 5 rings (SSSR count). The first-order valence-electron chi connectivity index (χ1n) is 11.4.